The first-order valence-electron chi connectivity index (χ1n) is 1.70. The van der Waals surface area contributed by atoms with Crippen LogP contribution in [0.3, 0.4) is 0 Å². The minimum Gasteiger partial charge on any atom is -0.324 e. The van der Waals surface area contributed by atoms with Crippen molar-refractivity contribution < 1.29 is 14.0 Å². The van der Waals surface area contributed by atoms with Crippen LogP contribution >= 0.6 is 35.1 Å². The molecule has 0 fully saturated rings. The molecule has 8 heavy (non-hydrogen) atoms. The molecule has 0 aliphatic heterocycles. The van der Waals surface area contributed by atoms with Crippen LogP contribution < -0.4 is 0 Å². The van der Waals surface area contributed by atoms with E-state index < -0.39 is 7.60 Å². The minimum absolute atomic E-state index is 0.0767. The number of hydrogen-bond donors (Lipinski definition) is 1. The molecule has 0 heterocycles. The molecule has 0 amide bonds. The van der Waals surface area contributed by atoms with Crippen LogP contribution in [0.25, 0.3) is 0 Å². The molecule has 0 rings (SSSR count). The lowest BCUT2D eigenvalue weighted by Crippen LogP contribution is -1.85. The van der Waals surface area contributed by atoms with Gasteiger partial charge in [0.2, 0.25) is 0 Å². The molecule has 0 aromatic rings. The highest BCUT2D eigenvalue weighted by molar-refractivity contribution is 9.10. The molecule has 0 radical (unpaired) electrons. The van der Waals surface area contributed by atoms with Crippen LogP contribution in [0, 0.1) is 0 Å². The topological polar surface area (TPSA) is 46.5 Å². The predicted octanol–water partition coefficient (Wildman–Crippen LogP) is 1.74. The van der Waals surface area contributed by atoms with E-state index in [1.807, 2.05) is 0 Å². The Balaban J connectivity index is 3.55. The lowest BCUT2D eigenvalue weighted by atomic mass is 11.7. The van der Waals surface area contributed by atoms with Crippen molar-refractivity contribution in [1.29, 1.82) is 0 Å². The average molecular weight is 223 g/mol. The third-order valence-electron chi connectivity index (χ3n) is 0.402. The SMILES string of the molecule is O=P(O)(CBr)OCCl. The van der Waals surface area contributed by atoms with E-state index in [1.165, 1.54) is 0 Å². The fraction of sp³-hybridized carbons (Fsp3) is 1.00. The van der Waals surface area contributed by atoms with Crippen molar-refractivity contribution in [2.75, 3.05) is 11.1 Å². The Morgan fingerprint density at radius 3 is 2.50 bits per heavy atom. The molecule has 0 aliphatic rings. The molecule has 0 aromatic carbocycles. The molecule has 0 aliphatic carbocycles. The number of alkyl halides is 2. The van der Waals surface area contributed by atoms with E-state index in [0.29, 0.717) is 0 Å². The predicted molar refractivity (Wildman–Crippen MR) is 35.4 cm³/mol. The first-order valence-corrected chi connectivity index (χ1v) is 5.12. The Hall–Kier alpha value is 0.920. The van der Waals surface area contributed by atoms with Crippen molar-refractivity contribution in [1.82, 2.24) is 0 Å². The fourth-order valence-electron chi connectivity index (χ4n) is 0.111. The quantitative estimate of drug-likeness (QED) is 0.585. The van der Waals surface area contributed by atoms with Crippen molar-refractivity contribution in [3.05, 3.63) is 0 Å². The molecule has 1 unspecified atom stereocenters. The summed E-state index contributed by atoms with van der Waals surface area (Å²) >= 11 is 7.76. The summed E-state index contributed by atoms with van der Waals surface area (Å²) in [5.41, 5.74) is 0. The van der Waals surface area contributed by atoms with Gasteiger partial charge in [-0.1, -0.05) is 27.5 Å². The Morgan fingerprint density at radius 2 is 2.38 bits per heavy atom. The number of hydrogen-bond acceptors (Lipinski definition) is 2. The van der Waals surface area contributed by atoms with Gasteiger partial charge in [-0.05, 0) is 0 Å². The van der Waals surface area contributed by atoms with Gasteiger partial charge in [0.1, 0.15) is 11.1 Å². The van der Waals surface area contributed by atoms with Gasteiger partial charge in [0.15, 0.2) is 0 Å². The summed E-state index contributed by atoms with van der Waals surface area (Å²) in [6.07, 6.45) is 0. The zero-order valence-corrected chi connectivity index (χ0v) is 7.12. The molecule has 3 nitrogen and oxygen atoms in total. The lowest BCUT2D eigenvalue weighted by molar-refractivity contribution is 0.306. The summed E-state index contributed by atoms with van der Waals surface area (Å²) in [5.74, 6) is 0. The smallest absolute Gasteiger partial charge is 0.324 e. The maximum Gasteiger partial charge on any atom is 0.339 e. The van der Waals surface area contributed by atoms with E-state index in [2.05, 4.69) is 20.5 Å². The molecule has 0 aromatic heterocycles. The zero-order valence-electron chi connectivity index (χ0n) is 3.88. The fourth-order valence-corrected chi connectivity index (χ4v) is 1.22. The van der Waals surface area contributed by atoms with Crippen LogP contribution in [0.15, 0.2) is 0 Å². The van der Waals surface area contributed by atoms with Crippen molar-refractivity contribution in [2.45, 2.75) is 0 Å². The molecule has 1 atom stereocenters. The third kappa shape index (κ3) is 3.87. The Kier molecular flexibility index (Phi) is 4.30. The highest BCUT2D eigenvalue weighted by Gasteiger charge is 2.14. The van der Waals surface area contributed by atoms with Crippen LogP contribution in [-0.4, -0.2) is 16.0 Å². The van der Waals surface area contributed by atoms with Crippen molar-refractivity contribution in [3.63, 3.8) is 0 Å². The number of rotatable bonds is 3. The minimum atomic E-state index is -3.39. The Bertz CT molecular complexity index is 107. The summed E-state index contributed by atoms with van der Waals surface area (Å²) in [6, 6.07) is -0.251. The summed E-state index contributed by atoms with van der Waals surface area (Å²) in [6.45, 7) is 0. The summed E-state index contributed by atoms with van der Waals surface area (Å²) in [5, 5.41) is -0.0767. The first kappa shape index (κ1) is 8.92. The van der Waals surface area contributed by atoms with Gasteiger partial charge in [-0.3, -0.25) is 9.09 Å². The van der Waals surface area contributed by atoms with Crippen LogP contribution in [0.5, 0.6) is 0 Å². The van der Waals surface area contributed by atoms with Crippen molar-refractivity contribution >= 4 is 35.1 Å². The molecule has 0 bridgehead atoms. The molecule has 0 spiro atoms. The molecule has 6 heteroatoms. The van der Waals surface area contributed by atoms with E-state index >= 15 is 0 Å². The molecule has 0 saturated carbocycles. The second-order valence-corrected chi connectivity index (χ2v) is 4.49. The van der Waals surface area contributed by atoms with Gasteiger partial charge < -0.3 is 4.89 Å². The normalized spacial score (nSPS) is 17.9. The highest BCUT2D eigenvalue weighted by Crippen LogP contribution is 2.43. The lowest BCUT2D eigenvalue weighted by Gasteiger charge is -2.03. The second-order valence-electron chi connectivity index (χ2n) is 0.995. The Morgan fingerprint density at radius 1 is 1.88 bits per heavy atom. The van der Waals surface area contributed by atoms with E-state index in [-0.39, 0.29) is 11.1 Å². The standard InChI is InChI=1S/C2H5BrClO3P/c3-1-8(5,6)7-2-4/h1-2H2,(H,5,6). The van der Waals surface area contributed by atoms with Crippen molar-refractivity contribution in [3.8, 4) is 0 Å². The molecular weight excluding hydrogens is 218 g/mol. The third-order valence-corrected chi connectivity index (χ3v) is 3.40. The molecule has 1 N–H and O–H groups in total. The highest BCUT2D eigenvalue weighted by atomic mass is 79.9. The number of halogens is 2. The van der Waals surface area contributed by atoms with E-state index in [1.54, 1.807) is 0 Å². The average Bonchev–Trinajstić information content (AvgIpc) is 1.67. The zero-order chi connectivity index (χ0) is 6.62. The monoisotopic (exact) mass is 222 g/mol. The summed E-state index contributed by atoms with van der Waals surface area (Å²) in [4.78, 5) is 8.53. The molecular formula is C2H5BrClO3P. The van der Waals surface area contributed by atoms with Crippen LogP contribution in [0.1, 0.15) is 0 Å². The summed E-state index contributed by atoms with van der Waals surface area (Å²) < 4.78 is 14.6. The van der Waals surface area contributed by atoms with Crippen LogP contribution in [0.2, 0.25) is 0 Å². The van der Waals surface area contributed by atoms with Gasteiger partial charge >= 0.3 is 7.60 Å². The van der Waals surface area contributed by atoms with Crippen molar-refractivity contribution in [2.24, 2.45) is 0 Å². The molecule has 0 saturated heterocycles. The van der Waals surface area contributed by atoms with Gasteiger partial charge in [0, 0.05) is 0 Å². The van der Waals surface area contributed by atoms with Gasteiger partial charge in [0.25, 0.3) is 0 Å². The van der Waals surface area contributed by atoms with Crippen LogP contribution in [0.4, 0.5) is 0 Å². The van der Waals surface area contributed by atoms with E-state index in [4.69, 9.17) is 16.5 Å². The first-order chi connectivity index (χ1) is 3.62. The van der Waals surface area contributed by atoms with Gasteiger partial charge in [-0.15, -0.1) is 0 Å². The van der Waals surface area contributed by atoms with E-state index in [0.717, 1.165) is 0 Å². The van der Waals surface area contributed by atoms with Crippen LogP contribution in [-0.2, 0) is 9.09 Å². The van der Waals surface area contributed by atoms with Gasteiger partial charge in [-0.2, -0.15) is 0 Å². The maximum absolute atomic E-state index is 10.4. The second kappa shape index (κ2) is 3.85. The maximum atomic E-state index is 10.4. The van der Waals surface area contributed by atoms with E-state index in [9.17, 15) is 4.57 Å². The van der Waals surface area contributed by atoms with Gasteiger partial charge in [0.05, 0.1) is 0 Å². The van der Waals surface area contributed by atoms with Gasteiger partial charge in [-0.25, -0.2) is 0 Å². The Labute approximate surface area is 60.6 Å². The molecule has 50 valence electrons. The summed E-state index contributed by atoms with van der Waals surface area (Å²) in [7, 11) is -3.39. The largest absolute Gasteiger partial charge is 0.339 e.